The Bertz CT molecular complexity index is 929. The van der Waals surface area contributed by atoms with Crippen molar-refractivity contribution in [1.82, 2.24) is 4.98 Å². The minimum atomic E-state index is -0.853. The molecule has 2 aromatic carbocycles. The van der Waals surface area contributed by atoms with Gasteiger partial charge in [0.1, 0.15) is 11.5 Å². The number of fused-ring (bicyclic) bond motifs is 1. The van der Waals surface area contributed by atoms with Crippen molar-refractivity contribution in [3.05, 3.63) is 59.3 Å². The molecule has 1 atom stereocenters. The van der Waals surface area contributed by atoms with Crippen molar-refractivity contribution in [3.63, 3.8) is 0 Å². The van der Waals surface area contributed by atoms with Crippen LogP contribution in [0, 0.1) is 0 Å². The summed E-state index contributed by atoms with van der Waals surface area (Å²) in [4.78, 5) is 14.9. The van der Waals surface area contributed by atoms with E-state index in [0.29, 0.717) is 11.5 Å². The van der Waals surface area contributed by atoms with Gasteiger partial charge in [-0.1, -0.05) is 31.2 Å². The molecule has 0 amide bonds. The van der Waals surface area contributed by atoms with Crippen molar-refractivity contribution in [3.8, 4) is 11.5 Å². The molecule has 0 fully saturated rings. The predicted octanol–water partition coefficient (Wildman–Crippen LogP) is 4.35. The lowest BCUT2D eigenvalue weighted by atomic mass is 9.87. The summed E-state index contributed by atoms with van der Waals surface area (Å²) in [6.07, 6.45) is 2.81. The molecule has 0 aliphatic heterocycles. The van der Waals surface area contributed by atoms with E-state index in [2.05, 4.69) is 18.0 Å². The van der Waals surface area contributed by atoms with E-state index in [1.165, 1.54) is 5.56 Å². The number of aromatic nitrogens is 1. The Kier molecular flexibility index (Phi) is 5.16. The first kappa shape index (κ1) is 17.9. The Balaban J connectivity index is 2.18. The Morgan fingerprint density at radius 1 is 1.15 bits per heavy atom. The van der Waals surface area contributed by atoms with Crippen LogP contribution >= 0.6 is 0 Å². The van der Waals surface area contributed by atoms with Gasteiger partial charge in [-0.3, -0.25) is 4.79 Å². The average molecular weight is 353 g/mol. The summed E-state index contributed by atoms with van der Waals surface area (Å²) in [6.45, 7) is 2.11. The van der Waals surface area contributed by atoms with E-state index >= 15 is 0 Å². The van der Waals surface area contributed by atoms with Gasteiger partial charge in [-0.25, -0.2) is 0 Å². The molecule has 5 nitrogen and oxygen atoms in total. The predicted molar refractivity (Wildman–Crippen MR) is 101 cm³/mol. The van der Waals surface area contributed by atoms with Crippen molar-refractivity contribution in [1.29, 1.82) is 0 Å². The fourth-order valence-electron chi connectivity index (χ4n) is 3.49. The highest BCUT2D eigenvalue weighted by molar-refractivity contribution is 5.88. The number of ether oxygens (including phenoxy) is 2. The quantitative estimate of drug-likeness (QED) is 0.662. The Morgan fingerprint density at radius 3 is 2.62 bits per heavy atom. The summed E-state index contributed by atoms with van der Waals surface area (Å²) >= 11 is 0. The van der Waals surface area contributed by atoms with E-state index in [9.17, 15) is 9.90 Å². The number of aromatic amines is 1. The summed E-state index contributed by atoms with van der Waals surface area (Å²) in [5.41, 5.74) is 4.07. The van der Waals surface area contributed by atoms with E-state index in [-0.39, 0.29) is 12.3 Å². The molecule has 0 saturated heterocycles. The van der Waals surface area contributed by atoms with Crippen LogP contribution in [0.15, 0.2) is 42.6 Å². The molecular formula is C21H23NO4. The van der Waals surface area contributed by atoms with Gasteiger partial charge in [-0.2, -0.15) is 0 Å². The van der Waals surface area contributed by atoms with Gasteiger partial charge in [0, 0.05) is 34.6 Å². The van der Waals surface area contributed by atoms with E-state index in [1.54, 1.807) is 20.3 Å². The largest absolute Gasteiger partial charge is 0.497 e. The van der Waals surface area contributed by atoms with Crippen LogP contribution in [0.3, 0.4) is 0 Å². The summed E-state index contributed by atoms with van der Waals surface area (Å²) in [7, 11) is 3.18. The molecule has 0 bridgehead atoms. The molecule has 1 heterocycles. The third-order valence-electron chi connectivity index (χ3n) is 4.78. The van der Waals surface area contributed by atoms with Crippen LogP contribution in [0.2, 0.25) is 0 Å². The maximum atomic E-state index is 11.6. The second-order valence-corrected chi connectivity index (χ2v) is 6.20. The lowest BCUT2D eigenvalue weighted by Gasteiger charge is -2.19. The van der Waals surface area contributed by atoms with Gasteiger partial charge in [0.15, 0.2) is 0 Å². The van der Waals surface area contributed by atoms with Gasteiger partial charge >= 0.3 is 5.97 Å². The number of hydrogen-bond donors (Lipinski definition) is 2. The highest BCUT2D eigenvalue weighted by Gasteiger charge is 2.25. The van der Waals surface area contributed by atoms with E-state index in [4.69, 9.17) is 9.47 Å². The molecule has 3 aromatic rings. The first-order valence-corrected chi connectivity index (χ1v) is 8.61. The number of benzene rings is 2. The van der Waals surface area contributed by atoms with Crippen LogP contribution in [-0.4, -0.2) is 30.3 Å². The maximum absolute atomic E-state index is 11.6. The lowest BCUT2D eigenvalue weighted by Crippen LogP contribution is -2.09. The number of aliphatic carboxylic acids is 1. The molecule has 5 heteroatoms. The number of carboxylic acid groups (broad SMARTS) is 1. The fraction of sp³-hybridized carbons (Fsp3) is 0.286. The number of aryl methyl sites for hydroxylation is 1. The van der Waals surface area contributed by atoms with Gasteiger partial charge < -0.3 is 19.6 Å². The number of methoxy groups -OCH3 is 2. The van der Waals surface area contributed by atoms with Crippen molar-refractivity contribution in [2.75, 3.05) is 14.2 Å². The van der Waals surface area contributed by atoms with E-state index in [1.807, 2.05) is 30.5 Å². The van der Waals surface area contributed by atoms with Crippen molar-refractivity contribution < 1.29 is 19.4 Å². The first-order valence-electron chi connectivity index (χ1n) is 8.61. The summed E-state index contributed by atoms with van der Waals surface area (Å²) < 4.78 is 10.8. The number of rotatable bonds is 7. The van der Waals surface area contributed by atoms with Gasteiger partial charge in [0.25, 0.3) is 0 Å². The molecule has 136 valence electrons. The second kappa shape index (κ2) is 7.52. The number of nitrogens with one attached hydrogen (secondary N) is 1. The smallest absolute Gasteiger partial charge is 0.304 e. The molecule has 2 N–H and O–H groups in total. The number of carboxylic acids is 1. The van der Waals surface area contributed by atoms with Crippen LogP contribution in [0.5, 0.6) is 11.5 Å². The lowest BCUT2D eigenvalue weighted by molar-refractivity contribution is -0.137. The summed E-state index contributed by atoms with van der Waals surface area (Å²) in [5, 5.41) is 10.6. The zero-order chi connectivity index (χ0) is 18.7. The van der Waals surface area contributed by atoms with Crippen LogP contribution in [-0.2, 0) is 11.2 Å². The summed E-state index contributed by atoms with van der Waals surface area (Å²) in [6, 6.07) is 11.6. The van der Waals surface area contributed by atoms with Crippen molar-refractivity contribution in [2.45, 2.75) is 25.7 Å². The SMILES string of the molecule is CCc1cccc2c([C@H](CC(=O)O)c3ccc(OC)cc3OC)c[nH]c12. The van der Waals surface area contributed by atoms with E-state index in [0.717, 1.165) is 28.5 Å². The molecule has 0 saturated carbocycles. The fourth-order valence-corrected chi connectivity index (χ4v) is 3.49. The zero-order valence-electron chi connectivity index (χ0n) is 15.2. The third kappa shape index (κ3) is 3.25. The Hall–Kier alpha value is -2.95. The molecule has 0 spiro atoms. The third-order valence-corrected chi connectivity index (χ3v) is 4.78. The summed E-state index contributed by atoms with van der Waals surface area (Å²) in [5.74, 6) is 0.117. The highest BCUT2D eigenvalue weighted by Crippen LogP contribution is 2.39. The number of para-hydroxylation sites is 1. The monoisotopic (exact) mass is 353 g/mol. The van der Waals surface area contributed by atoms with Crippen LogP contribution < -0.4 is 9.47 Å². The normalized spacial score (nSPS) is 12.1. The molecule has 0 aliphatic carbocycles. The minimum Gasteiger partial charge on any atom is -0.497 e. The van der Waals surface area contributed by atoms with Gasteiger partial charge in [0.2, 0.25) is 0 Å². The van der Waals surface area contributed by atoms with Gasteiger partial charge in [-0.05, 0) is 23.6 Å². The molecule has 0 aliphatic rings. The molecule has 26 heavy (non-hydrogen) atoms. The van der Waals surface area contributed by atoms with Gasteiger partial charge in [-0.15, -0.1) is 0 Å². The molecule has 1 aromatic heterocycles. The number of hydrogen-bond acceptors (Lipinski definition) is 3. The number of H-pyrrole nitrogens is 1. The van der Waals surface area contributed by atoms with Crippen LogP contribution in [0.25, 0.3) is 10.9 Å². The maximum Gasteiger partial charge on any atom is 0.304 e. The van der Waals surface area contributed by atoms with E-state index < -0.39 is 5.97 Å². The van der Waals surface area contributed by atoms with Crippen LogP contribution in [0.4, 0.5) is 0 Å². The van der Waals surface area contributed by atoms with Crippen LogP contribution in [0.1, 0.15) is 36.0 Å². The Morgan fingerprint density at radius 2 is 1.96 bits per heavy atom. The first-order chi connectivity index (χ1) is 12.6. The van der Waals surface area contributed by atoms with Gasteiger partial charge in [0.05, 0.1) is 20.6 Å². The Labute approximate surface area is 152 Å². The zero-order valence-corrected chi connectivity index (χ0v) is 15.2. The molecule has 0 radical (unpaired) electrons. The second-order valence-electron chi connectivity index (χ2n) is 6.20. The number of carbonyl (C=O) groups is 1. The average Bonchev–Trinajstić information content (AvgIpc) is 3.09. The standard InChI is InChI=1S/C21H23NO4/c1-4-13-6-5-7-16-18(12-22-21(13)16)17(11-20(23)24)15-9-8-14(25-2)10-19(15)26-3/h5-10,12,17,22H,4,11H2,1-3H3,(H,23,24)/t17-/m1/s1. The topological polar surface area (TPSA) is 71.6 Å². The molecule has 3 rings (SSSR count). The van der Waals surface area contributed by atoms with Crippen molar-refractivity contribution >= 4 is 16.9 Å². The minimum absolute atomic E-state index is 0.0218. The molecular weight excluding hydrogens is 330 g/mol. The van der Waals surface area contributed by atoms with Crippen molar-refractivity contribution in [2.24, 2.45) is 0 Å². The molecule has 0 unspecified atom stereocenters. The highest BCUT2D eigenvalue weighted by atomic mass is 16.5.